The fourth-order valence-corrected chi connectivity index (χ4v) is 0.988. The second-order valence-electron chi connectivity index (χ2n) is 3.39. The third kappa shape index (κ3) is 3.21. The number of hydrogen-bond donors (Lipinski definition) is 3. The zero-order valence-corrected chi connectivity index (χ0v) is 8.64. The molecule has 1 heterocycles. The van der Waals surface area contributed by atoms with Gasteiger partial charge in [-0.1, -0.05) is 6.07 Å². The van der Waals surface area contributed by atoms with Crippen molar-refractivity contribution in [2.75, 3.05) is 5.32 Å². The van der Waals surface area contributed by atoms with Gasteiger partial charge in [0.15, 0.2) is 5.69 Å². The summed E-state index contributed by atoms with van der Waals surface area (Å²) in [4.78, 5) is 14.5. The van der Waals surface area contributed by atoms with Crippen molar-refractivity contribution < 1.29 is 15.0 Å². The number of rotatable bonds is 4. The minimum Gasteiger partial charge on any atom is -0.477 e. The van der Waals surface area contributed by atoms with Crippen molar-refractivity contribution in [3.8, 4) is 0 Å². The van der Waals surface area contributed by atoms with E-state index in [9.17, 15) is 9.90 Å². The number of aliphatic hydroxyl groups is 1. The van der Waals surface area contributed by atoms with Crippen molar-refractivity contribution in [2.24, 2.45) is 0 Å². The molecule has 1 aromatic heterocycles. The molecule has 0 saturated heterocycles. The Morgan fingerprint density at radius 2 is 2.13 bits per heavy atom. The lowest BCUT2D eigenvalue weighted by Gasteiger charge is -2.17. The summed E-state index contributed by atoms with van der Waals surface area (Å²) in [5.41, 5.74) is -0.0159. The van der Waals surface area contributed by atoms with Gasteiger partial charge in [-0.15, -0.1) is 0 Å². The first-order valence-electron chi connectivity index (χ1n) is 4.65. The molecule has 3 N–H and O–H groups in total. The Labute approximate surface area is 87.8 Å². The van der Waals surface area contributed by atoms with Crippen LogP contribution in [0.5, 0.6) is 0 Å². The molecule has 0 spiro atoms. The van der Waals surface area contributed by atoms with Gasteiger partial charge in [0.2, 0.25) is 0 Å². The SMILES string of the molecule is CC(O)C(C)Nc1cccc(C(=O)O)n1. The minimum absolute atomic E-state index is 0.0159. The van der Waals surface area contributed by atoms with Crippen LogP contribution >= 0.6 is 0 Å². The predicted octanol–water partition coefficient (Wildman–Crippen LogP) is 0.961. The average Bonchev–Trinajstić information content (AvgIpc) is 2.18. The molecule has 0 aliphatic rings. The maximum absolute atomic E-state index is 10.6. The summed E-state index contributed by atoms with van der Waals surface area (Å²) in [6, 6.07) is 4.50. The molecule has 1 rings (SSSR count). The molecule has 0 aliphatic heterocycles. The summed E-state index contributed by atoms with van der Waals surface area (Å²) in [5, 5.41) is 20.9. The van der Waals surface area contributed by atoms with Crippen LogP contribution in [-0.2, 0) is 0 Å². The number of aromatic carboxylic acids is 1. The number of carbonyl (C=O) groups is 1. The smallest absolute Gasteiger partial charge is 0.354 e. The highest BCUT2D eigenvalue weighted by Gasteiger charge is 2.10. The number of carboxylic acids is 1. The highest BCUT2D eigenvalue weighted by Crippen LogP contribution is 2.07. The molecule has 0 fully saturated rings. The quantitative estimate of drug-likeness (QED) is 0.689. The summed E-state index contributed by atoms with van der Waals surface area (Å²) in [5.74, 6) is -0.619. The molecule has 5 nitrogen and oxygen atoms in total. The Morgan fingerprint density at radius 3 is 2.67 bits per heavy atom. The Hall–Kier alpha value is -1.62. The second-order valence-corrected chi connectivity index (χ2v) is 3.39. The van der Waals surface area contributed by atoms with Crippen LogP contribution in [-0.4, -0.2) is 33.3 Å². The fourth-order valence-electron chi connectivity index (χ4n) is 0.988. The molecule has 15 heavy (non-hydrogen) atoms. The largest absolute Gasteiger partial charge is 0.477 e. The van der Waals surface area contributed by atoms with Crippen LogP contribution in [0.15, 0.2) is 18.2 Å². The van der Waals surface area contributed by atoms with Crippen molar-refractivity contribution in [1.82, 2.24) is 4.98 Å². The van der Waals surface area contributed by atoms with Gasteiger partial charge in [0.25, 0.3) is 0 Å². The minimum atomic E-state index is -1.07. The Morgan fingerprint density at radius 1 is 1.47 bits per heavy atom. The lowest BCUT2D eigenvalue weighted by Crippen LogP contribution is -2.28. The monoisotopic (exact) mass is 210 g/mol. The maximum atomic E-state index is 10.6. The Balaban J connectivity index is 2.78. The van der Waals surface area contributed by atoms with Gasteiger partial charge < -0.3 is 15.5 Å². The van der Waals surface area contributed by atoms with E-state index in [4.69, 9.17) is 5.11 Å². The van der Waals surface area contributed by atoms with Crippen LogP contribution in [0, 0.1) is 0 Å². The van der Waals surface area contributed by atoms with E-state index in [-0.39, 0.29) is 11.7 Å². The van der Waals surface area contributed by atoms with Gasteiger partial charge >= 0.3 is 5.97 Å². The molecule has 0 amide bonds. The van der Waals surface area contributed by atoms with Gasteiger partial charge in [-0.3, -0.25) is 0 Å². The number of carboxylic acid groups (broad SMARTS) is 1. The number of nitrogens with one attached hydrogen (secondary N) is 1. The molecule has 0 aromatic carbocycles. The average molecular weight is 210 g/mol. The van der Waals surface area contributed by atoms with Crippen LogP contribution in [0.3, 0.4) is 0 Å². The first kappa shape index (κ1) is 11.5. The van der Waals surface area contributed by atoms with E-state index in [1.54, 1.807) is 26.0 Å². The fraction of sp³-hybridized carbons (Fsp3) is 0.400. The molecule has 0 radical (unpaired) electrons. The summed E-state index contributed by atoms with van der Waals surface area (Å²) in [7, 11) is 0. The number of pyridine rings is 1. The van der Waals surface area contributed by atoms with Crippen molar-refractivity contribution in [1.29, 1.82) is 0 Å². The molecule has 0 aliphatic carbocycles. The number of anilines is 1. The van der Waals surface area contributed by atoms with Crippen molar-refractivity contribution >= 4 is 11.8 Å². The molecule has 5 heteroatoms. The van der Waals surface area contributed by atoms with Crippen LogP contribution < -0.4 is 5.32 Å². The van der Waals surface area contributed by atoms with Gasteiger partial charge in [-0.25, -0.2) is 9.78 Å². The molecule has 1 aromatic rings. The van der Waals surface area contributed by atoms with Gasteiger partial charge in [0.1, 0.15) is 5.82 Å². The molecule has 2 atom stereocenters. The molecule has 2 unspecified atom stereocenters. The van der Waals surface area contributed by atoms with Gasteiger partial charge in [-0.05, 0) is 26.0 Å². The maximum Gasteiger partial charge on any atom is 0.354 e. The lowest BCUT2D eigenvalue weighted by molar-refractivity contribution is 0.0690. The van der Waals surface area contributed by atoms with E-state index in [2.05, 4.69) is 10.3 Å². The van der Waals surface area contributed by atoms with Crippen LogP contribution in [0.4, 0.5) is 5.82 Å². The van der Waals surface area contributed by atoms with Gasteiger partial charge in [0, 0.05) is 0 Å². The summed E-state index contributed by atoms with van der Waals surface area (Å²) < 4.78 is 0. The molecular weight excluding hydrogens is 196 g/mol. The molecular formula is C10H14N2O3. The second kappa shape index (κ2) is 4.75. The number of aliphatic hydroxyl groups excluding tert-OH is 1. The standard InChI is InChI=1S/C10H14N2O3/c1-6(7(2)13)11-9-5-3-4-8(12-9)10(14)15/h3-7,13H,1-2H3,(H,11,12)(H,14,15). The molecule has 0 saturated carbocycles. The highest BCUT2D eigenvalue weighted by atomic mass is 16.4. The third-order valence-electron chi connectivity index (χ3n) is 2.07. The third-order valence-corrected chi connectivity index (χ3v) is 2.07. The van der Waals surface area contributed by atoms with Crippen molar-refractivity contribution in [3.63, 3.8) is 0 Å². The zero-order valence-electron chi connectivity index (χ0n) is 8.64. The molecule has 0 bridgehead atoms. The first-order valence-corrected chi connectivity index (χ1v) is 4.65. The summed E-state index contributed by atoms with van der Waals surface area (Å²) in [6.07, 6.45) is -0.528. The number of aromatic nitrogens is 1. The van der Waals surface area contributed by atoms with Gasteiger partial charge in [-0.2, -0.15) is 0 Å². The van der Waals surface area contributed by atoms with Crippen LogP contribution in [0.2, 0.25) is 0 Å². The van der Waals surface area contributed by atoms with E-state index in [0.717, 1.165) is 0 Å². The van der Waals surface area contributed by atoms with E-state index in [0.29, 0.717) is 5.82 Å². The summed E-state index contributed by atoms with van der Waals surface area (Å²) >= 11 is 0. The Kier molecular flexibility index (Phi) is 3.62. The number of hydrogen-bond acceptors (Lipinski definition) is 4. The zero-order chi connectivity index (χ0) is 11.4. The van der Waals surface area contributed by atoms with E-state index in [1.807, 2.05) is 0 Å². The van der Waals surface area contributed by atoms with E-state index in [1.165, 1.54) is 6.07 Å². The topological polar surface area (TPSA) is 82.5 Å². The van der Waals surface area contributed by atoms with E-state index >= 15 is 0 Å². The normalized spacial score (nSPS) is 14.3. The number of nitrogens with zero attached hydrogens (tertiary/aromatic N) is 1. The summed E-state index contributed by atoms with van der Waals surface area (Å²) in [6.45, 7) is 3.44. The lowest BCUT2D eigenvalue weighted by atomic mass is 10.2. The Bertz CT molecular complexity index is 352. The van der Waals surface area contributed by atoms with E-state index < -0.39 is 12.1 Å². The first-order chi connectivity index (χ1) is 7.00. The van der Waals surface area contributed by atoms with Crippen LogP contribution in [0.25, 0.3) is 0 Å². The molecule has 82 valence electrons. The van der Waals surface area contributed by atoms with Gasteiger partial charge in [0.05, 0.1) is 12.1 Å². The highest BCUT2D eigenvalue weighted by molar-refractivity contribution is 5.85. The van der Waals surface area contributed by atoms with Crippen molar-refractivity contribution in [3.05, 3.63) is 23.9 Å². The predicted molar refractivity (Wildman–Crippen MR) is 56.0 cm³/mol. The van der Waals surface area contributed by atoms with Crippen LogP contribution in [0.1, 0.15) is 24.3 Å². The van der Waals surface area contributed by atoms with Crippen molar-refractivity contribution in [2.45, 2.75) is 26.0 Å².